The average Bonchev–Trinajstić information content (AvgIpc) is 2.78. The van der Waals surface area contributed by atoms with Crippen molar-refractivity contribution in [2.24, 2.45) is 0 Å². The number of halogens is 1. The molecule has 2 aromatic rings. The number of sulfone groups is 1. The van der Waals surface area contributed by atoms with Crippen LogP contribution in [0, 0.1) is 13.8 Å². The third-order valence-electron chi connectivity index (χ3n) is 5.97. The van der Waals surface area contributed by atoms with Gasteiger partial charge in [0.25, 0.3) is 5.91 Å². The van der Waals surface area contributed by atoms with Crippen molar-refractivity contribution in [3.8, 4) is 5.75 Å². The second-order valence-electron chi connectivity index (χ2n) is 8.32. The number of piperazine rings is 1. The summed E-state index contributed by atoms with van der Waals surface area (Å²) in [6.45, 7) is 5.89. The largest absolute Gasteiger partial charge is 0.482 e. The van der Waals surface area contributed by atoms with Crippen molar-refractivity contribution in [2.75, 3.05) is 48.8 Å². The molecular formula is C23H26ClN3O5S. The third-order valence-corrected chi connectivity index (χ3v) is 8.06. The number of amides is 2. The third kappa shape index (κ3) is 5.09. The molecule has 8 nitrogen and oxygen atoms in total. The molecular weight excluding hydrogens is 466 g/mol. The number of carbonyl (C=O) groups is 2. The van der Waals surface area contributed by atoms with Crippen molar-refractivity contribution in [1.82, 2.24) is 4.90 Å². The highest BCUT2D eigenvalue weighted by Gasteiger charge is 2.27. The lowest BCUT2D eigenvalue weighted by Gasteiger charge is -2.37. The molecule has 2 aliphatic heterocycles. The van der Waals surface area contributed by atoms with Crippen LogP contribution in [0.4, 0.5) is 11.4 Å². The number of nitrogens with zero attached hydrogens (tertiary/aromatic N) is 2. The number of hydrogen-bond donors (Lipinski definition) is 1. The highest BCUT2D eigenvalue weighted by atomic mass is 35.5. The Kier molecular flexibility index (Phi) is 6.54. The molecule has 4 rings (SSSR count). The Morgan fingerprint density at radius 3 is 2.55 bits per heavy atom. The van der Waals surface area contributed by atoms with E-state index in [1.54, 1.807) is 17.9 Å². The molecule has 2 aliphatic rings. The molecule has 0 aromatic heterocycles. The summed E-state index contributed by atoms with van der Waals surface area (Å²) in [5.74, 6) is -0.433. The second-order valence-corrected chi connectivity index (χ2v) is 10.8. The zero-order valence-corrected chi connectivity index (χ0v) is 20.1. The molecule has 2 amide bonds. The van der Waals surface area contributed by atoms with Gasteiger partial charge < -0.3 is 19.9 Å². The lowest BCUT2D eigenvalue weighted by Crippen LogP contribution is -2.49. The van der Waals surface area contributed by atoms with Crippen LogP contribution >= 0.6 is 11.6 Å². The molecule has 1 N–H and O–H groups in total. The smallest absolute Gasteiger partial charge is 0.262 e. The first-order valence-corrected chi connectivity index (χ1v) is 12.8. The Labute approximate surface area is 198 Å². The number of benzene rings is 2. The van der Waals surface area contributed by atoms with Crippen LogP contribution in [0.15, 0.2) is 35.2 Å². The van der Waals surface area contributed by atoms with Gasteiger partial charge in [0.2, 0.25) is 5.91 Å². The number of aryl methyl sites for hydroxylation is 2. The van der Waals surface area contributed by atoms with Crippen LogP contribution < -0.4 is 15.0 Å². The van der Waals surface area contributed by atoms with Crippen LogP contribution in [0.3, 0.4) is 0 Å². The fourth-order valence-electron chi connectivity index (χ4n) is 4.16. The molecule has 33 heavy (non-hydrogen) atoms. The quantitative estimate of drug-likeness (QED) is 0.691. The highest BCUT2D eigenvalue weighted by Crippen LogP contribution is 2.33. The minimum Gasteiger partial charge on any atom is -0.482 e. The molecule has 0 saturated carbocycles. The maximum absolute atomic E-state index is 13.0. The zero-order chi connectivity index (χ0) is 23.8. The van der Waals surface area contributed by atoms with E-state index in [9.17, 15) is 18.0 Å². The van der Waals surface area contributed by atoms with Gasteiger partial charge in [-0.25, -0.2) is 8.42 Å². The van der Waals surface area contributed by atoms with Gasteiger partial charge in [0.15, 0.2) is 16.4 Å². The van der Waals surface area contributed by atoms with E-state index in [1.165, 1.54) is 6.07 Å². The maximum Gasteiger partial charge on any atom is 0.262 e. The van der Waals surface area contributed by atoms with Gasteiger partial charge in [-0.15, -0.1) is 0 Å². The fourth-order valence-corrected chi connectivity index (χ4v) is 5.83. The van der Waals surface area contributed by atoms with Crippen molar-refractivity contribution in [3.05, 3.63) is 46.5 Å². The van der Waals surface area contributed by atoms with Gasteiger partial charge in [0.1, 0.15) is 5.75 Å². The topological polar surface area (TPSA) is 96.0 Å². The maximum atomic E-state index is 13.0. The molecule has 1 saturated heterocycles. The van der Waals surface area contributed by atoms with Gasteiger partial charge in [-0.3, -0.25) is 9.59 Å². The Morgan fingerprint density at radius 2 is 1.82 bits per heavy atom. The molecule has 0 bridgehead atoms. The summed E-state index contributed by atoms with van der Waals surface area (Å²) in [5, 5.41) is 3.33. The number of hydrogen-bond acceptors (Lipinski definition) is 6. The molecule has 1 fully saturated rings. The normalized spacial score (nSPS) is 16.2. The van der Waals surface area contributed by atoms with E-state index in [0.29, 0.717) is 48.2 Å². The van der Waals surface area contributed by atoms with Gasteiger partial charge >= 0.3 is 0 Å². The van der Waals surface area contributed by atoms with Gasteiger partial charge in [0.05, 0.1) is 16.3 Å². The predicted octanol–water partition coefficient (Wildman–Crippen LogP) is 2.80. The van der Waals surface area contributed by atoms with E-state index in [1.807, 2.05) is 25.1 Å². The van der Waals surface area contributed by atoms with E-state index in [4.69, 9.17) is 16.3 Å². The lowest BCUT2D eigenvalue weighted by molar-refractivity contribution is -0.131. The van der Waals surface area contributed by atoms with Gasteiger partial charge in [-0.2, -0.15) is 0 Å². The number of nitrogens with one attached hydrogen (secondary N) is 1. The first kappa shape index (κ1) is 23.4. The van der Waals surface area contributed by atoms with E-state index < -0.39 is 9.84 Å². The molecule has 0 radical (unpaired) electrons. The van der Waals surface area contributed by atoms with E-state index in [2.05, 4.69) is 10.2 Å². The minimum absolute atomic E-state index is 0.0906. The molecule has 0 aliphatic carbocycles. The number of ether oxygens (including phenoxy) is 1. The second kappa shape index (κ2) is 9.23. The van der Waals surface area contributed by atoms with E-state index in [-0.39, 0.29) is 35.5 Å². The molecule has 10 heteroatoms. The Bertz CT molecular complexity index is 1210. The van der Waals surface area contributed by atoms with Crippen molar-refractivity contribution in [3.63, 3.8) is 0 Å². The minimum atomic E-state index is -3.70. The van der Waals surface area contributed by atoms with Crippen LogP contribution in [0.5, 0.6) is 5.75 Å². The SMILES string of the molecule is Cc1ccc(Cl)cc1N1CCN(C(=O)CCS(=O)(=O)c2cc3c(cc2C)NC(=O)CO3)CC1. The lowest BCUT2D eigenvalue weighted by atomic mass is 10.1. The van der Waals surface area contributed by atoms with Crippen molar-refractivity contribution in [1.29, 1.82) is 0 Å². The summed E-state index contributed by atoms with van der Waals surface area (Å²) in [5.41, 5.74) is 3.12. The number of carbonyl (C=O) groups excluding carboxylic acids is 2. The standard InChI is InChI=1S/C23H26ClN3O5S/c1-15-3-4-17(24)12-19(15)26-6-8-27(9-7-26)23(29)5-10-33(30,31)21-13-20-18(11-16(21)2)25-22(28)14-32-20/h3-4,11-13H,5-10,14H2,1-2H3,(H,25,28). The van der Waals surface area contributed by atoms with Crippen LogP contribution in [0.2, 0.25) is 5.02 Å². The molecule has 0 atom stereocenters. The summed E-state index contributed by atoms with van der Waals surface area (Å²) in [6.07, 6.45) is -0.0906. The van der Waals surface area contributed by atoms with E-state index in [0.717, 1.165) is 11.3 Å². The molecule has 0 spiro atoms. The average molecular weight is 492 g/mol. The van der Waals surface area contributed by atoms with Crippen molar-refractivity contribution in [2.45, 2.75) is 25.2 Å². The predicted molar refractivity (Wildman–Crippen MR) is 127 cm³/mol. The van der Waals surface area contributed by atoms with Gasteiger partial charge in [0, 0.05) is 49.4 Å². The Morgan fingerprint density at radius 1 is 1.09 bits per heavy atom. The monoisotopic (exact) mass is 491 g/mol. The number of anilines is 2. The summed E-state index contributed by atoms with van der Waals surface area (Å²) in [6, 6.07) is 8.76. The number of fused-ring (bicyclic) bond motifs is 1. The molecule has 176 valence electrons. The first-order valence-electron chi connectivity index (χ1n) is 10.7. The summed E-state index contributed by atoms with van der Waals surface area (Å²) in [7, 11) is -3.70. The highest BCUT2D eigenvalue weighted by molar-refractivity contribution is 7.91. The van der Waals surface area contributed by atoms with E-state index >= 15 is 0 Å². The van der Waals surface area contributed by atoms with Crippen molar-refractivity contribution < 1.29 is 22.7 Å². The van der Waals surface area contributed by atoms with Crippen LogP contribution in [-0.2, 0) is 19.4 Å². The Balaban J connectivity index is 1.37. The number of rotatable bonds is 5. The fraction of sp³-hybridized carbons (Fsp3) is 0.391. The molecule has 2 heterocycles. The summed E-state index contributed by atoms with van der Waals surface area (Å²) >= 11 is 6.13. The zero-order valence-electron chi connectivity index (χ0n) is 18.6. The van der Waals surface area contributed by atoms with Crippen LogP contribution in [-0.4, -0.2) is 63.7 Å². The summed E-state index contributed by atoms with van der Waals surface area (Å²) < 4.78 is 31.3. The molecule has 0 unspecified atom stereocenters. The summed E-state index contributed by atoms with van der Waals surface area (Å²) in [4.78, 5) is 28.2. The Hall–Kier alpha value is -2.78. The molecule has 2 aromatic carbocycles. The van der Waals surface area contributed by atoms with Gasteiger partial charge in [-0.1, -0.05) is 17.7 Å². The van der Waals surface area contributed by atoms with Crippen molar-refractivity contribution >= 4 is 44.6 Å². The van der Waals surface area contributed by atoms with Gasteiger partial charge in [-0.05, 0) is 43.2 Å². The van der Waals surface area contributed by atoms with Crippen LogP contribution in [0.1, 0.15) is 17.5 Å². The first-order chi connectivity index (χ1) is 15.6. The van der Waals surface area contributed by atoms with Crippen LogP contribution in [0.25, 0.3) is 0 Å².